The van der Waals surface area contributed by atoms with Crippen molar-refractivity contribution in [2.45, 2.75) is 19.0 Å². The van der Waals surface area contributed by atoms with Crippen LogP contribution in [0.2, 0.25) is 5.02 Å². The third-order valence-corrected chi connectivity index (χ3v) is 4.86. The van der Waals surface area contributed by atoms with Crippen LogP contribution in [-0.2, 0) is 6.54 Å². The first kappa shape index (κ1) is 18.4. The van der Waals surface area contributed by atoms with E-state index in [1.165, 1.54) is 0 Å². The van der Waals surface area contributed by atoms with Crippen molar-refractivity contribution in [2.24, 2.45) is 4.99 Å². The predicted octanol–water partition coefficient (Wildman–Crippen LogP) is 2.66. The van der Waals surface area contributed by atoms with Crippen molar-refractivity contribution in [2.75, 3.05) is 25.0 Å². The number of rotatable bonds is 5. The van der Waals surface area contributed by atoms with Crippen molar-refractivity contribution in [3.63, 3.8) is 0 Å². The van der Waals surface area contributed by atoms with Crippen molar-refractivity contribution in [1.82, 2.24) is 25.8 Å². The summed E-state index contributed by atoms with van der Waals surface area (Å²) in [7, 11) is 1.76. The Morgan fingerprint density at radius 2 is 2.32 bits per heavy atom. The molecule has 2 aromatic heterocycles. The SMILES string of the molecule is CN=C(NCc1nc(-c2ccco2)n[nH]1)NC1CCN(c2cccc(Cl)c2)C1. The summed E-state index contributed by atoms with van der Waals surface area (Å²) in [6, 6.07) is 11.9. The average molecular weight is 400 g/mol. The summed E-state index contributed by atoms with van der Waals surface area (Å²) in [6.07, 6.45) is 2.63. The lowest BCUT2D eigenvalue weighted by molar-refractivity contribution is 0.577. The smallest absolute Gasteiger partial charge is 0.216 e. The third-order valence-electron chi connectivity index (χ3n) is 4.62. The lowest BCUT2D eigenvalue weighted by atomic mass is 10.3. The van der Waals surface area contributed by atoms with E-state index in [2.05, 4.69) is 41.8 Å². The van der Waals surface area contributed by atoms with Gasteiger partial charge in [-0.05, 0) is 36.8 Å². The lowest BCUT2D eigenvalue weighted by Crippen LogP contribution is -2.44. The van der Waals surface area contributed by atoms with Gasteiger partial charge in [-0.15, -0.1) is 5.10 Å². The molecule has 8 nitrogen and oxygen atoms in total. The van der Waals surface area contributed by atoms with Gasteiger partial charge in [-0.3, -0.25) is 10.1 Å². The Morgan fingerprint density at radius 3 is 3.11 bits per heavy atom. The maximum atomic E-state index is 6.11. The summed E-state index contributed by atoms with van der Waals surface area (Å²) < 4.78 is 5.31. The molecular weight excluding hydrogens is 378 g/mol. The normalized spacial score (nSPS) is 17.1. The number of halogens is 1. The second-order valence-corrected chi connectivity index (χ2v) is 7.00. The highest BCUT2D eigenvalue weighted by Crippen LogP contribution is 2.23. The van der Waals surface area contributed by atoms with Gasteiger partial charge in [0.2, 0.25) is 5.82 Å². The van der Waals surface area contributed by atoms with Crippen LogP contribution in [-0.4, -0.2) is 47.3 Å². The summed E-state index contributed by atoms with van der Waals surface area (Å²) in [4.78, 5) is 11.1. The number of benzene rings is 1. The fraction of sp³-hybridized carbons (Fsp3) is 0.316. The minimum Gasteiger partial charge on any atom is -0.461 e. The average Bonchev–Trinajstić information content (AvgIpc) is 3.46. The van der Waals surface area contributed by atoms with Crippen molar-refractivity contribution < 1.29 is 4.42 Å². The molecule has 0 saturated carbocycles. The van der Waals surface area contributed by atoms with Gasteiger partial charge in [0.15, 0.2) is 11.7 Å². The molecule has 3 N–H and O–H groups in total. The number of guanidine groups is 1. The van der Waals surface area contributed by atoms with Crippen LogP contribution < -0.4 is 15.5 Å². The van der Waals surface area contributed by atoms with E-state index in [1.807, 2.05) is 30.3 Å². The van der Waals surface area contributed by atoms with Gasteiger partial charge >= 0.3 is 0 Å². The largest absolute Gasteiger partial charge is 0.461 e. The molecular formula is C19H22ClN7O. The van der Waals surface area contributed by atoms with E-state index < -0.39 is 0 Å². The quantitative estimate of drug-likeness (QED) is 0.451. The summed E-state index contributed by atoms with van der Waals surface area (Å²) in [5, 5.41) is 14.6. The van der Waals surface area contributed by atoms with Crippen LogP contribution >= 0.6 is 11.6 Å². The van der Waals surface area contributed by atoms with Gasteiger partial charge in [-0.25, -0.2) is 4.98 Å². The fourth-order valence-corrected chi connectivity index (χ4v) is 3.42. The number of furan rings is 1. The molecule has 3 heterocycles. The van der Waals surface area contributed by atoms with Crippen LogP contribution in [0.3, 0.4) is 0 Å². The van der Waals surface area contributed by atoms with Crippen LogP contribution in [0, 0.1) is 0 Å². The summed E-state index contributed by atoms with van der Waals surface area (Å²) in [5.41, 5.74) is 1.15. The van der Waals surface area contributed by atoms with Gasteiger partial charge < -0.3 is 20.0 Å². The second kappa shape index (κ2) is 8.35. The second-order valence-electron chi connectivity index (χ2n) is 6.56. The van der Waals surface area contributed by atoms with Crippen LogP contribution in [0.1, 0.15) is 12.2 Å². The Labute approximate surface area is 168 Å². The summed E-state index contributed by atoms with van der Waals surface area (Å²) in [5.74, 6) is 2.62. The molecule has 0 radical (unpaired) electrons. The van der Waals surface area contributed by atoms with E-state index in [0.29, 0.717) is 30.0 Å². The number of aromatic amines is 1. The number of hydrogen-bond acceptors (Lipinski definition) is 5. The molecule has 0 amide bonds. The molecule has 146 valence electrons. The minimum absolute atomic E-state index is 0.304. The number of aliphatic imine (C=N–C) groups is 1. The molecule has 1 fully saturated rings. The highest BCUT2D eigenvalue weighted by Gasteiger charge is 2.23. The Morgan fingerprint density at radius 1 is 1.39 bits per heavy atom. The molecule has 1 saturated heterocycles. The zero-order valence-corrected chi connectivity index (χ0v) is 16.3. The fourth-order valence-electron chi connectivity index (χ4n) is 3.23. The van der Waals surface area contributed by atoms with E-state index in [4.69, 9.17) is 16.0 Å². The molecule has 28 heavy (non-hydrogen) atoms. The molecule has 4 rings (SSSR count). The molecule has 1 aromatic carbocycles. The Bertz CT molecular complexity index is 937. The van der Waals surface area contributed by atoms with Crippen molar-refractivity contribution >= 4 is 23.2 Å². The maximum absolute atomic E-state index is 6.11. The third kappa shape index (κ3) is 4.28. The van der Waals surface area contributed by atoms with Crippen LogP contribution in [0.15, 0.2) is 52.1 Å². The molecule has 1 aliphatic heterocycles. The number of aromatic nitrogens is 3. The highest BCUT2D eigenvalue weighted by molar-refractivity contribution is 6.30. The van der Waals surface area contributed by atoms with E-state index >= 15 is 0 Å². The highest BCUT2D eigenvalue weighted by atomic mass is 35.5. The standard InChI is InChI=1S/C19H22ClN7O/c1-21-19(22-11-17-24-18(26-25-17)16-6-3-9-28-16)23-14-7-8-27(12-14)15-5-2-4-13(20)10-15/h2-6,9-10,14H,7-8,11-12H2,1H3,(H2,21,22,23)(H,24,25,26). The first-order valence-corrected chi connectivity index (χ1v) is 9.52. The molecule has 1 unspecified atom stereocenters. The van der Waals surface area contributed by atoms with E-state index in [-0.39, 0.29) is 0 Å². The van der Waals surface area contributed by atoms with E-state index in [1.54, 1.807) is 13.3 Å². The summed E-state index contributed by atoms with van der Waals surface area (Å²) in [6.45, 7) is 2.35. The molecule has 1 atom stereocenters. The van der Waals surface area contributed by atoms with Gasteiger partial charge in [0.05, 0.1) is 12.8 Å². The van der Waals surface area contributed by atoms with E-state index in [9.17, 15) is 0 Å². The number of anilines is 1. The molecule has 0 bridgehead atoms. The van der Waals surface area contributed by atoms with Crippen LogP contribution in [0.25, 0.3) is 11.6 Å². The maximum Gasteiger partial charge on any atom is 0.216 e. The lowest BCUT2D eigenvalue weighted by Gasteiger charge is -2.20. The van der Waals surface area contributed by atoms with E-state index in [0.717, 1.165) is 36.2 Å². The van der Waals surface area contributed by atoms with Crippen molar-refractivity contribution in [3.8, 4) is 11.6 Å². The first-order valence-electron chi connectivity index (χ1n) is 9.14. The zero-order valence-electron chi connectivity index (χ0n) is 15.5. The van der Waals surface area contributed by atoms with Gasteiger partial charge in [0, 0.05) is 36.9 Å². The van der Waals surface area contributed by atoms with Crippen molar-refractivity contribution in [3.05, 3.63) is 53.5 Å². The number of nitrogens with zero attached hydrogens (tertiary/aromatic N) is 4. The molecule has 0 spiro atoms. The minimum atomic E-state index is 0.304. The predicted molar refractivity (Wildman–Crippen MR) is 109 cm³/mol. The number of H-pyrrole nitrogens is 1. The van der Waals surface area contributed by atoms with Crippen LogP contribution in [0.4, 0.5) is 5.69 Å². The summed E-state index contributed by atoms with van der Waals surface area (Å²) >= 11 is 6.11. The van der Waals surface area contributed by atoms with Gasteiger partial charge in [0.1, 0.15) is 5.82 Å². The topological polar surface area (TPSA) is 94.4 Å². The monoisotopic (exact) mass is 399 g/mol. The molecule has 0 aliphatic carbocycles. The molecule has 1 aliphatic rings. The van der Waals surface area contributed by atoms with Crippen LogP contribution in [0.5, 0.6) is 0 Å². The van der Waals surface area contributed by atoms with Crippen molar-refractivity contribution in [1.29, 1.82) is 0 Å². The van der Waals surface area contributed by atoms with Gasteiger partial charge in [-0.2, -0.15) is 0 Å². The van der Waals surface area contributed by atoms with Gasteiger partial charge in [-0.1, -0.05) is 17.7 Å². The Hall–Kier alpha value is -3.00. The number of nitrogens with one attached hydrogen (secondary N) is 3. The van der Waals surface area contributed by atoms with Gasteiger partial charge in [0.25, 0.3) is 0 Å². The number of hydrogen-bond donors (Lipinski definition) is 3. The first-order chi connectivity index (χ1) is 13.7. The Balaban J connectivity index is 1.29. The Kier molecular flexibility index (Phi) is 5.48. The molecule has 3 aromatic rings. The molecule has 9 heteroatoms. The zero-order chi connectivity index (χ0) is 19.3.